The molecule has 0 saturated carbocycles. The summed E-state index contributed by atoms with van der Waals surface area (Å²) in [6, 6.07) is 7.55. The fourth-order valence-corrected chi connectivity index (χ4v) is 4.92. The van der Waals surface area contributed by atoms with E-state index >= 15 is 0 Å². The number of aromatic nitrogens is 1. The van der Waals surface area contributed by atoms with Crippen molar-refractivity contribution in [2.75, 3.05) is 32.5 Å². The number of aliphatic imine (C=N–C) groups is 1. The van der Waals surface area contributed by atoms with E-state index in [1.807, 2.05) is 24.3 Å². The van der Waals surface area contributed by atoms with Gasteiger partial charge in [-0.2, -0.15) is 0 Å². The van der Waals surface area contributed by atoms with Crippen molar-refractivity contribution >= 4 is 46.4 Å². The summed E-state index contributed by atoms with van der Waals surface area (Å²) in [7, 11) is 3.58. The van der Waals surface area contributed by atoms with Gasteiger partial charge in [0.2, 0.25) is 11.8 Å². The highest BCUT2D eigenvalue weighted by atomic mass is 32.1. The first kappa shape index (κ1) is 25.3. The van der Waals surface area contributed by atoms with Crippen LogP contribution in [0.15, 0.2) is 29.3 Å². The van der Waals surface area contributed by atoms with E-state index in [0.29, 0.717) is 23.8 Å². The molecule has 34 heavy (non-hydrogen) atoms. The van der Waals surface area contributed by atoms with Gasteiger partial charge >= 0.3 is 6.09 Å². The van der Waals surface area contributed by atoms with Gasteiger partial charge in [0.1, 0.15) is 0 Å². The molecule has 10 nitrogen and oxygen atoms in total. The minimum absolute atomic E-state index is 0.0214. The Kier molecular flexibility index (Phi) is 8.72. The fourth-order valence-electron chi connectivity index (χ4n) is 3.83. The van der Waals surface area contributed by atoms with E-state index in [4.69, 9.17) is 5.11 Å². The molecule has 0 aliphatic carbocycles. The van der Waals surface area contributed by atoms with Crippen LogP contribution in [0.4, 0.5) is 15.6 Å². The summed E-state index contributed by atoms with van der Waals surface area (Å²) in [6.45, 7) is 3.75. The number of likely N-dealkylation sites (tertiary alicyclic amines) is 1. The molecular formula is C23H30N6O4S. The maximum absolute atomic E-state index is 12.3. The number of nitrogens with one attached hydrogen (secondary N) is 2. The minimum Gasteiger partial charge on any atom is -0.465 e. The second-order valence-electron chi connectivity index (χ2n) is 8.40. The van der Waals surface area contributed by atoms with Gasteiger partial charge in [0.05, 0.1) is 23.6 Å². The number of hydrogen-bond donors (Lipinski definition) is 3. The number of carboxylic acid groups (broad SMARTS) is 1. The number of nitrogens with zero attached hydrogens (tertiary/aromatic N) is 4. The van der Waals surface area contributed by atoms with Crippen molar-refractivity contribution in [3.05, 3.63) is 40.4 Å². The standard InChI is InChI=1S/C23H30N6O4S/c1-15(30)26-22-27-19(9-6-16-4-7-18(8-5-16)24-14-25-23(32)33)20(34-22)13-29-11-10-17(12-29)21(31)28(2)3/h4-5,7-8,14,17H,6,9-13H2,1-3H3,(H,24,25)(H,32,33)(H,26,27,30)/t17-/m0/s1. The van der Waals surface area contributed by atoms with E-state index in [1.165, 1.54) is 18.3 Å². The first-order valence-corrected chi connectivity index (χ1v) is 11.8. The molecule has 3 rings (SSSR count). The first-order chi connectivity index (χ1) is 16.2. The van der Waals surface area contributed by atoms with Crippen LogP contribution in [0.1, 0.15) is 29.5 Å². The molecule has 1 aliphatic heterocycles. The molecule has 0 spiro atoms. The summed E-state index contributed by atoms with van der Waals surface area (Å²) in [6.07, 6.45) is 2.29. The zero-order valence-electron chi connectivity index (χ0n) is 19.6. The van der Waals surface area contributed by atoms with Crippen LogP contribution >= 0.6 is 11.3 Å². The lowest BCUT2D eigenvalue weighted by Crippen LogP contribution is -2.31. The van der Waals surface area contributed by atoms with E-state index in [0.717, 1.165) is 48.4 Å². The molecular weight excluding hydrogens is 456 g/mol. The van der Waals surface area contributed by atoms with Gasteiger partial charge < -0.3 is 15.3 Å². The minimum atomic E-state index is -1.16. The maximum Gasteiger partial charge on any atom is 0.409 e. The number of benzene rings is 1. The average Bonchev–Trinajstić information content (AvgIpc) is 3.39. The number of rotatable bonds is 9. The lowest BCUT2D eigenvalue weighted by molar-refractivity contribution is -0.132. The Morgan fingerprint density at radius 2 is 2.00 bits per heavy atom. The highest BCUT2D eigenvalue weighted by Gasteiger charge is 2.30. The van der Waals surface area contributed by atoms with Crippen molar-refractivity contribution in [1.82, 2.24) is 20.1 Å². The summed E-state index contributed by atoms with van der Waals surface area (Å²) >= 11 is 1.49. The van der Waals surface area contributed by atoms with Crippen molar-refractivity contribution in [1.29, 1.82) is 0 Å². The Morgan fingerprint density at radius 3 is 2.65 bits per heavy atom. The molecule has 1 aromatic heterocycles. The van der Waals surface area contributed by atoms with Crippen molar-refractivity contribution in [3.8, 4) is 0 Å². The van der Waals surface area contributed by atoms with E-state index in [1.54, 1.807) is 19.0 Å². The third kappa shape index (κ3) is 7.35. The van der Waals surface area contributed by atoms with Crippen LogP contribution in [0.5, 0.6) is 0 Å². The number of thiazole rings is 1. The Labute approximate surface area is 202 Å². The monoisotopic (exact) mass is 486 g/mol. The van der Waals surface area contributed by atoms with Gasteiger partial charge in [-0.3, -0.25) is 19.8 Å². The van der Waals surface area contributed by atoms with Crippen molar-refractivity contribution in [2.45, 2.75) is 32.7 Å². The summed E-state index contributed by atoms with van der Waals surface area (Å²) in [5.41, 5.74) is 2.70. The molecule has 1 saturated heterocycles. The Morgan fingerprint density at radius 1 is 1.26 bits per heavy atom. The molecule has 182 valence electrons. The molecule has 0 radical (unpaired) electrons. The summed E-state index contributed by atoms with van der Waals surface area (Å²) in [4.78, 5) is 48.1. The number of carbonyl (C=O) groups is 3. The zero-order chi connectivity index (χ0) is 24.7. The summed E-state index contributed by atoms with van der Waals surface area (Å²) < 4.78 is 0. The predicted octanol–water partition coefficient (Wildman–Crippen LogP) is 2.72. The van der Waals surface area contributed by atoms with Crippen LogP contribution < -0.4 is 10.6 Å². The van der Waals surface area contributed by atoms with Gasteiger partial charge in [0.25, 0.3) is 0 Å². The van der Waals surface area contributed by atoms with Gasteiger partial charge in [0, 0.05) is 39.0 Å². The highest BCUT2D eigenvalue weighted by Crippen LogP contribution is 2.28. The van der Waals surface area contributed by atoms with Crippen molar-refractivity contribution in [3.63, 3.8) is 0 Å². The normalized spacial score (nSPS) is 16.0. The van der Waals surface area contributed by atoms with Crippen LogP contribution in [0.3, 0.4) is 0 Å². The third-order valence-corrected chi connectivity index (χ3v) is 6.48. The summed E-state index contributed by atoms with van der Waals surface area (Å²) in [5.74, 6) is 0.0312. The van der Waals surface area contributed by atoms with Crippen LogP contribution in [0.2, 0.25) is 0 Å². The highest BCUT2D eigenvalue weighted by molar-refractivity contribution is 7.15. The zero-order valence-corrected chi connectivity index (χ0v) is 20.4. The molecule has 0 bridgehead atoms. The van der Waals surface area contributed by atoms with Gasteiger partial charge in [0.15, 0.2) is 5.13 Å². The molecule has 0 unspecified atom stereocenters. The largest absolute Gasteiger partial charge is 0.465 e. The van der Waals surface area contributed by atoms with Crippen molar-refractivity contribution < 1.29 is 19.5 Å². The third-order valence-electron chi connectivity index (χ3n) is 5.48. The number of carbonyl (C=O) groups excluding carboxylic acids is 2. The molecule has 1 fully saturated rings. The Hall–Kier alpha value is -3.31. The second-order valence-corrected chi connectivity index (χ2v) is 9.48. The average molecular weight is 487 g/mol. The van der Waals surface area contributed by atoms with Gasteiger partial charge in [-0.25, -0.2) is 14.8 Å². The second kappa shape index (κ2) is 11.7. The number of anilines is 1. The maximum atomic E-state index is 12.3. The molecule has 11 heteroatoms. The predicted molar refractivity (Wildman–Crippen MR) is 132 cm³/mol. The number of aryl methyl sites for hydroxylation is 2. The SMILES string of the molecule is CC(=O)Nc1nc(CCc2ccc(N=CNC(=O)O)cc2)c(CN2CC[C@H](C(=O)N(C)C)C2)s1. The molecule has 2 aromatic rings. The van der Waals surface area contributed by atoms with Gasteiger partial charge in [-0.15, -0.1) is 11.3 Å². The Balaban J connectivity index is 1.64. The first-order valence-electron chi connectivity index (χ1n) is 11.0. The van der Waals surface area contributed by atoms with Crippen LogP contribution in [-0.2, 0) is 29.0 Å². The quantitative estimate of drug-likeness (QED) is 0.369. The van der Waals surface area contributed by atoms with E-state index < -0.39 is 6.09 Å². The van der Waals surface area contributed by atoms with E-state index in [9.17, 15) is 14.4 Å². The van der Waals surface area contributed by atoms with E-state index in [-0.39, 0.29) is 17.7 Å². The molecule has 3 amide bonds. The molecule has 2 heterocycles. The van der Waals surface area contributed by atoms with Crippen LogP contribution in [0.25, 0.3) is 0 Å². The van der Waals surface area contributed by atoms with E-state index in [2.05, 4.69) is 25.5 Å². The summed E-state index contributed by atoms with van der Waals surface area (Å²) in [5, 5.41) is 14.1. The molecule has 3 N–H and O–H groups in total. The number of hydrogen-bond acceptors (Lipinski definition) is 7. The molecule has 1 aliphatic rings. The molecule has 1 atom stereocenters. The smallest absolute Gasteiger partial charge is 0.409 e. The van der Waals surface area contributed by atoms with Gasteiger partial charge in [-0.05, 0) is 43.5 Å². The fraction of sp³-hybridized carbons (Fsp3) is 0.435. The van der Waals surface area contributed by atoms with Crippen molar-refractivity contribution in [2.24, 2.45) is 10.9 Å². The lowest BCUT2D eigenvalue weighted by atomic mass is 10.1. The topological polar surface area (TPSA) is 127 Å². The molecule has 1 aromatic carbocycles. The lowest BCUT2D eigenvalue weighted by Gasteiger charge is -2.18. The number of amides is 3. The Bertz CT molecular complexity index is 1050. The van der Waals surface area contributed by atoms with Crippen LogP contribution in [-0.4, -0.2) is 71.3 Å². The van der Waals surface area contributed by atoms with Gasteiger partial charge in [-0.1, -0.05) is 12.1 Å². The van der Waals surface area contributed by atoms with Crippen LogP contribution in [0, 0.1) is 5.92 Å².